The summed E-state index contributed by atoms with van der Waals surface area (Å²) in [5.41, 5.74) is 3.21. The van der Waals surface area contributed by atoms with Crippen LogP contribution >= 0.6 is 11.6 Å². The number of nitrogens with zero attached hydrogens (tertiary/aromatic N) is 4. The molecule has 0 radical (unpaired) electrons. The van der Waals surface area contributed by atoms with Gasteiger partial charge in [-0.15, -0.1) is 0 Å². The summed E-state index contributed by atoms with van der Waals surface area (Å²) in [5.74, 6) is 1.00. The minimum absolute atomic E-state index is 0.0229. The zero-order valence-electron chi connectivity index (χ0n) is 17.3. The Labute approximate surface area is 185 Å². The van der Waals surface area contributed by atoms with Crippen LogP contribution in [0.2, 0.25) is 5.02 Å². The number of methoxy groups -OCH3 is 1. The first kappa shape index (κ1) is 20.0. The van der Waals surface area contributed by atoms with Gasteiger partial charge in [0.15, 0.2) is 0 Å². The van der Waals surface area contributed by atoms with E-state index >= 15 is 0 Å². The molecular weight excluding hydrogens is 416 g/mol. The Morgan fingerprint density at radius 3 is 2.74 bits per heavy atom. The summed E-state index contributed by atoms with van der Waals surface area (Å²) in [4.78, 5) is 31.6. The Morgan fingerprint density at radius 1 is 1.19 bits per heavy atom. The normalized spacial score (nSPS) is 19.2. The van der Waals surface area contributed by atoms with E-state index in [1.54, 1.807) is 30.3 Å². The molecule has 8 heteroatoms. The summed E-state index contributed by atoms with van der Waals surface area (Å²) < 4.78 is 5.45. The largest absolute Gasteiger partial charge is 0.496 e. The number of benzene rings is 1. The lowest BCUT2D eigenvalue weighted by atomic mass is 10.0. The van der Waals surface area contributed by atoms with Gasteiger partial charge in [0.2, 0.25) is 5.91 Å². The fraction of sp³-hybridized carbons (Fsp3) is 0.391. The maximum Gasteiger partial charge on any atom is 0.272 e. The van der Waals surface area contributed by atoms with Crippen LogP contribution in [0.1, 0.15) is 53.2 Å². The number of amides is 2. The van der Waals surface area contributed by atoms with Crippen LogP contribution < -0.4 is 4.74 Å². The molecule has 3 heterocycles. The Balaban J connectivity index is 1.32. The fourth-order valence-electron chi connectivity index (χ4n) is 4.20. The fourth-order valence-corrected chi connectivity index (χ4v) is 4.36. The third-order valence-electron chi connectivity index (χ3n) is 6.09. The maximum absolute atomic E-state index is 13.0. The van der Waals surface area contributed by atoms with Crippen molar-refractivity contribution < 1.29 is 14.3 Å². The average Bonchev–Trinajstić information content (AvgIpc) is 3.59. The number of aromatic nitrogens is 1. The molecule has 0 bridgehead atoms. The molecule has 0 unspecified atom stereocenters. The molecule has 5 rings (SSSR count). The zero-order valence-corrected chi connectivity index (χ0v) is 18.0. The number of likely N-dealkylation sites (tertiary alicyclic amines) is 1. The van der Waals surface area contributed by atoms with Gasteiger partial charge < -0.3 is 9.64 Å². The average molecular weight is 439 g/mol. The van der Waals surface area contributed by atoms with E-state index in [4.69, 9.17) is 16.3 Å². The van der Waals surface area contributed by atoms with E-state index in [1.165, 1.54) is 5.01 Å². The van der Waals surface area contributed by atoms with Crippen molar-refractivity contribution in [3.8, 4) is 5.75 Å². The van der Waals surface area contributed by atoms with E-state index in [0.29, 0.717) is 48.3 Å². The Hall–Kier alpha value is -2.93. The molecule has 1 aromatic carbocycles. The van der Waals surface area contributed by atoms with Crippen LogP contribution in [0.15, 0.2) is 41.6 Å². The number of hydrogen-bond acceptors (Lipinski definition) is 5. The van der Waals surface area contributed by atoms with Gasteiger partial charge >= 0.3 is 0 Å². The van der Waals surface area contributed by atoms with Gasteiger partial charge in [0.25, 0.3) is 5.91 Å². The first-order valence-electron chi connectivity index (χ1n) is 10.5. The van der Waals surface area contributed by atoms with Gasteiger partial charge in [-0.2, -0.15) is 5.10 Å². The summed E-state index contributed by atoms with van der Waals surface area (Å²) in [6.45, 7) is 0.916. The number of pyridine rings is 1. The quantitative estimate of drug-likeness (QED) is 0.716. The number of rotatable bonds is 5. The molecule has 2 fully saturated rings. The van der Waals surface area contributed by atoms with E-state index in [1.807, 2.05) is 18.2 Å². The van der Waals surface area contributed by atoms with Gasteiger partial charge in [0.1, 0.15) is 11.4 Å². The number of carbonyl (C=O) groups is 2. The predicted molar refractivity (Wildman–Crippen MR) is 117 cm³/mol. The molecule has 0 N–H and O–H groups in total. The molecule has 7 nitrogen and oxygen atoms in total. The maximum atomic E-state index is 13.0. The number of ether oxygens (including phenoxy) is 1. The summed E-state index contributed by atoms with van der Waals surface area (Å²) in [6, 6.07) is 9.16. The van der Waals surface area contributed by atoms with Gasteiger partial charge in [0, 0.05) is 42.7 Å². The Bertz CT molecular complexity index is 1080. The molecule has 2 aliphatic heterocycles. The third-order valence-corrected chi connectivity index (χ3v) is 6.32. The lowest BCUT2D eigenvalue weighted by molar-refractivity contribution is -0.137. The van der Waals surface area contributed by atoms with Crippen molar-refractivity contribution in [2.45, 2.75) is 37.6 Å². The molecule has 160 valence electrons. The second-order valence-corrected chi connectivity index (χ2v) is 8.65. The number of halogens is 1. The summed E-state index contributed by atoms with van der Waals surface area (Å²) >= 11 is 6.07. The highest BCUT2D eigenvalue weighted by molar-refractivity contribution is 6.31. The van der Waals surface area contributed by atoms with E-state index in [2.05, 4.69) is 10.1 Å². The van der Waals surface area contributed by atoms with Crippen molar-refractivity contribution in [3.63, 3.8) is 0 Å². The summed E-state index contributed by atoms with van der Waals surface area (Å²) in [5, 5.41) is 6.76. The topological polar surface area (TPSA) is 75.1 Å². The van der Waals surface area contributed by atoms with Crippen molar-refractivity contribution in [2.24, 2.45) is 5.10 Å². The second kappa shape index (κ2) is 7.96. The van der Waals surface area contributed by atoms with Gasteiger partial charge in [-0.3, -0.25) is 14.6 Å². The lowest BCUT2D eigenvalue weighted by Crippen LogP contribution is -2.61. The minimum atomic E-state index is -0.127. The van der Waals surface area contributed by atoms with Crippen LogP contribution in [-0.2, 0) is 4.79 Å². The van der Waals surface area contributed by atoms with Crippen molar-refractivity contribution in [1.82, 2.24) is 14.9 Å². The highest BCUT2D eigenvalue weighted by atomic mass is 35.5. The first-order chi connectivity index (χ1) is 15.0. The van der Waals surface area contributed by atoms with Crippen molar-refractivity contribution in [3.05, 3.63) is 58.4 Å². The molecule has 3 aliphatic rings. The van der Waals surface area contributed by atoms with E-state index in [0.717, 1.165) is 29.7 Å². The lowest BCUT2D eigenvalue weighted by Gasteiger charge is -2.44. The molecule has 2 amide bonds. The molecule has 1 saturated carbocycles. The third kappa shape index (κ3) is 3.78. The molecule has 1 aliphatic carbocycles. The molecule has 0 atom stereocenters. The van der Waals surface area contributed by atoms with E-state index in [9.17, 15) is 9.59 Å². The standard InChI is InChI=1S/C23H23ClN4O3/c1-31-20-11-15(24)6-7-18(20)19-8-9-21(29)28(26-19)16-12-27(13-16)23(30)22-17(14-4-5-14)3-2-10-25-22/h2-3,6-7,10-11,14,16H,4-5,8-9,12-13H2,1H3. The number of hydrazone groups is 1. The number of hydrogen-bond donors (Lipinski definition) is 0. The monoisotopic (exact) mass is 438 g/mol. The highest BCUT2D eigenvalue weighted by Crippen LogP contribution is 2.41. The van der Waals surface area contributed by atoms with Gasteiger partial charge in [-0.1, -0.05) is 17.7 Å². The zero-order chi connectivity index (χ0) is 21.5. The molecule has 31 heavy (non-hydrogen) atoms. The molecule has 1 saturated heterocycles. The van der Waals surface area contributed by atoms with E-state index in [-0.39, 0.29) is 17.9 Å². The van der Waals surface area contributed by atoms with Crippen molar-refractivity contribution in [2.75, 3.05) is 20.2 Å². The first-order valence-corrected chi connectivity index (χ1v) is 10.9. The Kier molecular flexibility index (Phi) is 5.14. The predicted octanol–water partition coefficient (Wildman–Crippen LogP) is 3.47. The SMILES string of the molecule is COc1cc(Cl)ccc1C1=NN(C2CN(C(=O)c3ncccc3C3CC3)C2)C(=O)CC1. The summed E-state index contributed by atoms with van der Waals surface area (Å²) in [7, 11) is 1.59. The minimum Gasteiger partial charge on any atom is -0.496 e. The van der Waals surface area contributed by atoms with Crippen molar-refractivity contribution >= 4 is 29.1 Å². The second-order valence-electron chi connectivity index (χ2n) is 8.21. The van der Waals surface area contributed by atoms with Gasteiger partial charge in [0.05, 0.1) is 18.9 Å². The smallest absolute Gasteiger partial charge is 0.272 e. The van der Waals surface area contributed by atoms with Gasteiger partial charge in [-0.25, -0.2) is 5.01 Å². The van der Waals surface area contributed by atoms with Gasteiger partial charge in [-0.05, 0) is 48.6 Å². The number of carbonyl (C=O) groups excluding carboxylic acids is 2. The van der Waals surface area contributed by atoms with Crippen LogP contribution in [0, 0.1) is 0 Å². The van der Waals surface area contributed by atoms with E-state index < -0.39 is 0 Å². The molecule has 0 spiro atoms. The van der Waals surface area contributed by atoms with Crippen LogP contribution in [0.4, 0.5) is 0 Å². The van der Waals surface area contributed by atoms with Crippen LogP contribution in [0.5, 0.6) is 5.75 Å². The Morgan fingerprint density at radius 2 is 2.00 bits per heavy atom. The van der Waals surface area contributed by atoms with Crippen LogP contribution in [-0.4, -0.2) is 58.7 Å². The van der Waals surface area contributed by atoms with Crippen LogP contribution in [0.3, 0.4) is 0 Å². The molecule has 2 aromatic rings. The molecular formula is C23H23ClN4O3. The highest BCUT2D eigenvalue weighted by Gasteiger charge is 2.41. The molecule has 1 aromatic heterocycles. The summed E-state index contributed by atoms with van der Waals surface area (Å²) in [6.07, 6.45) is 4.81. The van der Waals surface area contributed by atoms with Crippen molar-refractivity contribution in [1.29, 1.82) is 0 Å². The van der Waals surface area contributed by atoms with Crippen LogP contribution in [0.25, 0.3) is 0 Å².